The Morgan fingerprint density at radius 3 is 2.60 bits per heavy atom. The fourth-order valence-corrected chi connectivity index (χ4v) is 4.38. The smallest absolute Gasteiger partial charge is 0.259 e. The Bertz CT molecular complexity index is 1070. The molecule has 1 amide bonds. The lowest BCUT2D eigenvalue weighted by Gasteiger charge is -2.20. The Labute approximate surface area is 189 Å². The van der Waals surface area contributed by atoms with Crippen molar-refractivity contribution in [1.82, 2.24) is 9.97 Å². The zero-order valence-electron chi connectivity index (χ0n) is 15.6. The highest BCUT2D eigenvalue weighted by Gasteiger charge is 2.29. The maximum Gasteiger partial charge on any atom is 0.259 e. The number of hydrogen-bond acceptors (Lipinski definition) is 8. The van der Waals surface area contributed by atoms with Crippen LogP contribution in [-0.2, 0) is 4.74 Å². The summed E-state index contributed by atoms with van der Waals surface area (Å²) in [5, 5.41) is 3.00. The molecule has 1 N–H and O–H groups in total. The molecule has 0 spiro atoms. The lowest BCUT2D eigenvalue weighted by molar-refractivity contribution is 0.0547. The van der Waals surface area contributed by atoms with E-state index in [0.717, 1.165) is 11.3 Å². The second kappa shape index (κ2) is 9.14. The fourth-order valence-electron chi connectivity index (χ4n) is 3.08. The molecule has 30 heavy (non-hydrogen) atoms. The van der Waals surface area contributed by atoms with E-state index >= 15 is 0 Å². The molecule has 0 saturated carbocycles. The van der Waals surface area contributed by atoms with E-state index in [9.17, 15) is 14.4 Å². The number of amides is 1. The van der Waals surface area contributed by atoms with Crippen LogP contribution in [0.4, 0.5) is 5.13 Å². The first-order chi connectivity index (χ1) is 14.5. The van der Waals surface area contributed by atoms with Gasteiger partial charge in [-0.3, -0.25) is 24.7 Å². The molecule has 0 aliphatic carbocycles. The third-order valence-corrected chi connectivity index (χ3v) is 6.18. The van der Waals surface area contributed by atoms with Gasteiger partial charge in [0.1, 0.15) is 16.3 Å². The van der Waals surface area contributed by atoms with E-state index in [-0.39, 0.29) is 31.9 Å². The van der Waals surface area contributed by atoms with Gasteiger partial charge in [-0.1, -0.05) is 11.3 Å². The van der Waals surface area contributed by atoms with Crippen LogP contribution in [0.2, 0.25) is 0 Å². The van der Waals surface area contributed by atoms with Crippen LogP contribution in [0.3, 0.4) is 0 Å². The molecule has 10 heteroatoms. The zero-order valence-corrected chi connectivity index (χ0v) is 18.6. The molecule has 1 aliphatic heterocycles. The van der Waals surface area contributed by atoms with E-state index in [4.69, 9.17) is 9.15 Å². The summed E-state index contributed by atoms with van der Waals surface area (Å²) in [5.41, 5.74) is 0.968. The van der Waals surface area contributed by atoms with Crippen LogP contribution in [-0.4, -0.2) is 38.7 Å². The van der Waals surface area contributed by atoms with E-state index in [1.165, 1.54) is 24.6 Å². The van der Waals surface area contributed by atoms with Gasteiger partial charge in [0.15, 0.2) is 16.7 Å². The largest absolute Gasteiger partial charge is 0.463 e. The number of carbonyl (C=O) groups excluding carboxylic acids is 3. The van der Waals surface area contributed by atoms with E-state index in [1.807, 2.05) is 0 Å². The number of rotatable bonds is 6. The maximum absolute atomic E-state index is 13.1. The highest BCUT2D eigenvalue weighted by molar-refractivity contribution is 14.1. The number of nitrogens with one attached hydrogen (secondary N) is 1. The number of halogens is 1. The van der Waals surface area contributed by atoms with Crippen LogP contribution in [0.5, 0.6) is 0 Å². The zero-order chi connectivity index (χ0) is 21.1. The van der Waals surface area contributed by atoms with Crippen molar-refractivity contribution in [3.63, 3.8) is 0 Å². The van der Waals surface area contributed by atoms with E-state index in [1.54, 1.807) is 34.7 Å². The molecule has 0 radical (unpaired) electrons. The van der Waals surface area contributed by atoms with Crippen molar-refractivity contribution in [2.24, 2.45) is 5.92 Å². The number of thiazole rings is 1. The number of carbonyl (C=O) groups is 3. The molecule has 3 aromatic heterocycles. The van der Waals surface area contributed by atoms with Gasteiger partial charge in [0.2, 0.25) is 3.79 Å². The Morgan fingerprint density at radius 1 is 1.17 bits per heavy atom. The summed E-state index contributed by atoms with van der Waals surface area (Å²) in [5.74, 6) is -0.123. The number of aromatic nitrogens is 2. The van der Waals surface area contributed by atoms with E-state index < -0.39 is 5.91 Å². The molecule has 0 aromatic carbocycles. The van der Waals surface area contributed by atoms with Crippen molar-refractivity contribution in [3.8, 4) is 11.5 Å². The second-order valence-corrected chi connectivity index (χ2v) is 8.56. The number of ketones is 1. The number of Topliss-reactive ketones (excluding diaryl/α,β-unsaturated/α-hetero) is 1. The lowest BCUT2D eigenvalue weighted by atomic mass is 9.94. The molecule has 4 rings (SSSR count). The minimum absolute atomic E-state index is 0.0192. The summed E-state index contributed by atoms with van der Waals surface area (Å²) in [6.45, 7) is 1.11. The predicted octanol–water partition coefficient (Wildman–Crippen LogP) is 4.23. The average Bonchev–Trinajstić information content (AvgIpc) is 3.44. The molecule has 0 atom stereocenters. The molecular weight excluding hydrogens is 521 g/mol. The predicted molar refractivity (Wildman–Crippen MR) is 118 cm³/mol. The molecule has 1 fully saturated rings. The first-order valence-corrected chi connectivity index (χ1v) is 11.1. The monoisotopic (exact) mass is 537 g/mol. The number of hydrogen-bond donors (Lipinski definition) is 1. The Kier molecular flexibility index (Phi) is 6.35. The molecule has 154 valence electrons. The number of nitrogens with zero attached hydrogens (tertiary/aromatic N) is 2. The van der Waals surface area contributed by atoms with Crippen molar-refractivity contribution >= 4 is 54.5 Å². The van der Waals surface area contributed by atoms with E-state index in [2.05, 4.69) is 15.3 Å². The molecule has 0 unspecified atom stereocenters. The Hall–Kier alpha value is -2.44. The molecular formula is C20H16IN3O5S. The standard InChI is InChI=1S/C20H16IN3O5S/c21-18(26)13-4-3-12(10-22-13)19(27)24-20-23-15(14-2-1-7-29-14)17(30-20)16(25)11-5-8-28-9-6-11/h1-4,7,10-11H,5-6,8-9H2,(H,23,24,27). The quantitative estimate of drug-likeness (QED) is 0.285. The van der Waals surface area contributed by atoms with Crippen LogP contribution < -0.4 is 5.32 Å². The average molecular weight is 537 g/mol. The van der Waals surface area contributed by atoms with Gasteiger partial charge in [0, 0.05) is 47.9 Å². The van der Waals surface area contributed by atoms with Gasteiger partial charge < -0.3 is 9.15 Å². The van der Waals surface area contributed by atoms with Crippen molar-refractivity contribution < 1.29 is 23.5 Å². The summed E-state index contributed by atoms with van der Waals surface area (Å²) in [4.78, 5) is 45.9. The minimum Gasteiger partial charge on any atom is -0.463 e. The SMILES string of the molecule is O=C(Nc1nc(-c2ccco2)c(C(=O)C2CCOCC2)s1)c1ccc(C(=O)I)nc1. The first kappa shape index (κ1) is 20.8. The van der Waals surface area contributed by atoms with Crippen LogP contribution >= 0.6 is 33.9 Å². The van der Waals surface area contributed by atoms with Crippen molar-refractivity contribution in [3.05, 3.63) is 52.9 Å². The maximum atomic E-state index is 13.1. The highest BCUT2D eigenvalue weighted by atomic mass is 127. The Balaban J connectivity index is 1.59. The fraction of sp³-hybridized carbons (Fsp3) is 0.250. The van der Waals surface area contributed by atoms with Crippen LogP contribution in [0.15, 0.2) is 41.1 Å². The topological polar surface area (TPSA) is 111 Å². The second-order valence-electron chi connectivity index (χ2n) is 6.58. The van der Waals surface area contributed by atoms with Crippen LogP contribution in [0.1, 0.15) is 43.4 Å². The van der Waals surface area contributed by atoms with Crippen molar-refractivity contribution in [2.75, 3.05) is 18.5 Å². The molecule has 0 bridgehead atoms. The van der Waals surface area contributed by atoms with Crippen molar-refractivity contribution in [2.45, 2.75) is 12.8 Å². The van der Waals surface area contributed by atoms with Gasteiger partial charge in [0.25, 0.3) is 5.91 Å². The van der Waals surface area contributed by atoms with Gasteiger partial charge in [0.05, 0.1) is 11.8 Å². The van der Waals surface area contributed by atoms with Gasteiger partial charge in [-0.15, -0.1) is 0 Å². The molecule has 8 nitrogen and oxygen atoms in total. The molecule has 1 aliphatic rings. The molecule has 1 saturated heterocycles. The molecule has 3 aromatic rings. The summed E-state index contributed by atoms with van der Waals surface area (Å²) in [6.07, 6.45) is 4.15. The normalized spacial score (nSPS) is 14.4. The highest BCUT2D eigenvalue weighted by Crippen LogP contribution is 2.35. The van der Waals surface area contributed by atoms with Crippen LogP contribution in [0.25, 0.3) is 11.5 Å². The number of ether oxygens (including phenoxy) is 1. The Morgan fingerprint density at radius 2 is 1.97 bits per heavy atom. The summed E-state index contributed by atoms with van der Waals surface area (Å²) in [6, 6.07) is 6.45. The summed E-state index contributed by atoms with van der Waals surface area (Å²) < 4.78 is 10.6. The first-order valence-electron chi connectivity index (χ1n) is 9.17. The number of anilines is 1. The van der Waals surface area contributed by atoms with Gasteiger partial charge >= 0.3 is 0 Å². The summed E-state index contributed by atoms with van der Waals surface area (Å²) >= 11 is 2.75. The lowest BCUT2D eigenvalue weighted by Crippen LogP contribution is -2.23. The van der Waals surface area contributed by atoms with Gasteiger partial charge in [-0.2, -0.15) is 0 Å². The minimum atomic E-state index is -0.431. The third kappa shape index (κ3) is 4.50. The molecule has 4 heterocycles. The summed E-state index contributed by atoms with van der Waals surface area (Å²) in [7, 11) is 0. The number of furan rings is 1. The van der Waals surface area contributed by atoms with Crippen molar-refractivity contribution in [1.29, 1.82) is 0 Å². The van der Waals surface area contributed by atoms with E-state index in [0.29, 0.717) is 42.4 Å². The van der Waals surface area contributed by atoms with Gasteiger partial charge in [-0.25, -0.2) is 4.98 Å². The van der Waals surface area contributed by atoms with Crippen LogP contribution in [0, 0.1) is 5.92 Å². The third-order valence-electron chi connectivity index (χ3n) is 4.65. The number of pyridine rings is 1. The van der Waals surface area contributed by atoms with Gasteiger partial charge in [-0.05, 0) is 37.1 Å².